The van der Waals surface area contributed by atoms with E-state index in [0.29, 0.717) is 0 Å². The third kappa shape index (κ3) is 4.35. The fourth-order valence-corrected chi connectivity index (χ4v) is 2.40. The number of rotatable bonds is 6. The van der Waals surface area contributed by atoms with E-state index >= 15 is 0 Å². The molecule has 0 bridgehead atoms. The number of halogens is 1. The molecule has 1 atom stereocenters. The molecule has 1 unspecified atom stereocenters. The largest absolute Gasteiger partial charge is 0.391 e. The molecule has 2 aromatic carbocycles. The zero-order valence-electron chi connectivity index (χ0n) is 10.8. The van der Waals surface area contributed by atoms with Crippen LogP contribution < -0.4 is 4.90 Å². The maximum Gasteiger partial charge on any atom is 0.105 e. The van der Waals surface area contributed by atoms with Crippen LogP contribution in [0.15, 0.2) is 54.6 Å². The van der Waals surface area contributed by atoms with E-state index in [1.54, 1.807) is 0 Å². The molecule has 0 amide bonds. The molecule has 19 heavy (non-hydrogen) atoms. The van der Waals surface area contributed by atoms with Crippen LogP contribution in [0.3, 0.4) is 0 Å². The molecule has 3 heteroatoms. The van der Waals surface area contributed by atoms with Crippen LogP contribution in [0.25, 0.3) is 0 Å². The monoisotopic (exact) mass is 276 g/mol. The normalized spacial score (nSPS) is 12.3. The lowest BCUT2D eigenvalue weighted by molar-refractivity contribution is -0.927. The zero-order valence-corrected chi connectivity index (χ0v) is 11.6. The predicted octanol–water partition coefficient (Wildman–Crippen LogP) is 1.92. The summed E-state index contributed by atoms with van der Waals surface area (Å²) in [5, 5.41) is 10.0. The Balaban J connectivity index is 2.06. The average Bonchev–Trinajstić information content (AvgIpc) is 2.43. The molecule has 0 radical (unpaired) electrons. The van der Waals surface area contributed by atoms with E-state index in [4.69, 9.17) is 11.6 Å². The van der Waals surface area contributed by atoms with Crippen molar-refractivity contribution in [3.8, 4) is 0 Å². The lowest BCUT2D eigenvalue weighted by Crippen LogP contribution is -3.09. The summed E-state index contributed by atoms with van der Waals surface area (Å²) in [6.45, 7) is 2.63. The van der Waals surface area contributed by atoms with Crippen molar-refractivity contribution >= 4 is 11.6 Å². The number of aliphatic hydroxyl groups excluding tert-OH is 1. The number of benzene rings is 2. The van der Waals surface area contributed by atoms with Gasteiger partial charge in [0.1, 0.15) is 19.6 Å². The molecule has 0 fully saturated rings. The Bertz CT molecular complexity index is 501. The van der Waals surface area contributed by atoms with Crippen molar-refractivity contribution in [3.05, 3.63) is 70.7 Å². The van der Waals surface area contributed by atoms with Crippen LogP contribution in [0.4, 0.5) is 0 Å². The van der Waals surface area contributed by atoms with E-state index in [1.807, 2.05) is 42.5 Å². The zero-order chi connectivity index (χ0) is 13.5. The second-order valence-electron chi connectivity index (χ2n) is 4.65. The van der Waals surface area contributed by atoms with Gasteiger partial charge in [-0.1, -0.05) is 60.1 Å². The highest BCUT2D eigenvalue weighted by Gasteiger charge is 2.11. The first-order chi connectivity index (χ1) is 9.29. The minimum Gasteiger partial charge on any atom is -0.391 e. The van der Waals surface area contributed by atoms with E-state index < -0.39 is 0 Å². The molecule has 2 nitrogen and oxygen atoms in total. The summed E-state index contributed by atoms with van der Waals surface area (Å²) < 4.78 is 0. The van der Waals surface area contributed by atoms with E-state index in [-0.39, 0.29) is 6.61 Å². The molecule has 100 valence electrons. The van der Waals surface area contributed by atoms with Gasteiger partial charge in [-0.15, -0.1) is 0 Å². The third-order valence-corrected chi connectivity index (χ3v) is 3.53. The highest BCUT2D eigenvalue weighted by molar-refractivity contribution is 6.31. The lowest BCUT2D eigenvalue weighted by atomic mass is 10.1. The molecule has 0 aromatic heterocycles. The third-order valence-electron chi connectivity index (χ3n) is 3.16. The molecule has 0 saturated carbocycles. The highest BCUT2D eigenvalue weighted by Crippen LogP contribution is 2.13. The quantitative estimate of drug-likeness (QED) is 0.828. The van der Waals surface area contributed by atoms with Crippen molar-refractivity contribution in [2.75, 3.05) is 13.2 Å². The van der Waals surface area contributed by atoms with Gasteiger partial charge >= 0.3 is 0 Å². The Kier molecular flexibility index (Phi) is 5.40. The first kappa shape index (κ1) is 14.1. The number of hydrogen-bond acceptors (Lipinski definition) is 1. The molecular weight excluding hydrogens is 258 g/mol. The molecule has 0 aliphatic rings. The maximum absolute atomic E-state index is 9.21. The Morgan fingerprint density at radius 1 is 0.895 bits per heavy atom. The van der Waals surface area contributed by atoms with Crippen LogP contribution in [0.1, 0.15) is 11.1 Å². The van der Waals surface area contributed by atoms with Gasteiger partial charge in [-0.05, 0) is 6.07 Å². The molecule has 2 aromatic rings. The van der Waals surface area contributed by atoms with Crippen LogP contribution in [-0.2, 0) is 13.1 Å². The van der Waals surface area contributed by atoms with Gasteiger partial charge < -0.3 is 10.0 Å². The van der Waals surface area contributed by atoms with Gasteiger partial charge in [0, 0.05) is 16.1 Å². The molecule has 2 N–H and O–H groups in total. The van der Waals surface area contributed by atoms with Crippen LogP contribution >= 0.6 is 11.6 Å². The SMILES string of the molecule is OCC[NH+](Cc1ccccc1)Cc1ccccc1Cl. The van der Waals surface area contributed by atoms with E-state index in [9.17, 15) is 5.11 Å². The lowest BCUT2D eigenvalue weighted by Gasteiger charge is -2.19. The second kappa shape index (κ2) is 7.29. The van der Waals surface area contributed by atoms with Crippen molar-refractivity contribution in [1.82, 2.24) is 0 Å². The molecule has 0 spiro atoms. The minimum absolute atomic E-state index is 0.187. The summed E-state index contributed by atoms with van der Waals surface area (Å²) in [5.74, 6) is 0. The van der Waals surface area contributed by atoms with Gasteiger partial charge in [-0.3, -0.25) is 0 Å². The first-order valence-corrected chi connectivity index (χ1v) is 6.89. The molecule has 2 rings (SSSR count). The van der Waals surface area contributed by atoms with Crippen LogP contribution in [0.5, 0.6) is 0 Å². The summed E-state index contributed by atoms with van der Waals surface area (Å²) in [6.07, 6.45) is 0. The van der Waals surface area contributed by atoms with Crippen molar-refractivity contribution in [2.45, 2.75) is 13.1 Å². The molecule has 0 saturated heterocycles. The van der Waals surface area contributed by atoms with E-state index in [0.717, 1.165) is 30.2 Å². The number of aliphatic hydroxyl groups is 1. The molecule has 0 aliphatic carbocycles. The molecule has 0 aliphatic heterocycles. The number of quaternary nitrogens is 1. The number of hydrogen-bond donors (Lipinski definition) is 2. The van der Waals surface area contributed by atoms with Gasteiger partial charge in [0.2, 0.25) is 0 Å². The number of nitrogens with one attached hydrogen (secondary N) is 1. The van der Waals surface area contributed by atoms with Gasteiger partial charge in [0.15, 0.2) is 0 Å². The van der Waals surface area contributed by atoms with Crippen LogP contribution in [-0.4, -0.2) is 18.3 Å². The summed E-state index contributed by atoms with van der Waals surface area (Å²) in [5.41, 5.74) is 2.40. The Labute approximate surface area is 119 Å². The second-order valence-corrected chi connectivity index (χ2v) is 5.06. The van der Waals surface area contributed by atoms with E-state index in [1.165, 1.54) is 10.5 Å². The van der Waals surface area contributed by atoms with Crippen LogP contribution in [0, 0.1) is 0 Å². The summed E-state index contributed by atoms with van der Waals surface area (Å²) in [6, 6.07) is 18.2. The maximum atomic E-state index is 9.21. The van der Waals surface area contributed by atoms with Gasteiger partial charge in [0.25, 0.3) is 0 Å². The summed E-state index contributed by atoms with van der Waals surface area (Å²) in [4.78, 5) is 1.31. The first-order valence-electron chi connectivity index (χ1n) is 6.51. The topological polar surface area (TPSA) is 24.7 Å². The van der Waals surface area contributed by atoms with E-state index in [2.05, 4.69) is 12.1 Å². The van der Waals surface area contributed by atoms with Crippen molar-refractivity contribution in [1.29, 1.82) is 0 Å². The average molecular weight is 277 g/mol. The fraction of sp³-hybridized carbons (Fsp3) is 0.250. The standard InChI is InChI=1S/C16H18ClNO/c17-16-9-5-4-8-15(16)13-18(10-11-19)12-14-6-2-1-3-7-14/h1-9,19H,10-13H2/p+1. The van der Waals surface area contributed by atoms with Crippen molar-refractivity contribution < 1.29 is 10.0 Å². The van der Waals surface area contributed by atoms with Gasteiger partial charge in [-0.2, -0.15) is 0 Å². The Hall–Kier alpha value is -1.35. The predicted molar refractivity (Wildman–Crippen MR) is 78.2 cm³/mol. The van der Waals surface area contributed by atoms with Crippen LogP contribution in [0.2, 0.25) is 5.02 Å². The Morgan fingerprint density at radius 3 is 2.26 bits per heavy atom. The van der Waals surface area contributed by atoms with Crippen molar-refractivity contribution in [2.24, 2.45) is 0 Å². The van der Waals surface area contributed by atoms with Gasteiger partial charge in [-0.25, -0.2) is 0 Å². The van der Waals surface area contributed by atoms with Gasteiger partial charge in [0.05, 0.1) is 6.61 Å². The van der Waals surface area contributed by atoms with Crippen molar-refractivity contribution in [3.63, 3.8) is 0 Å². The fourth-order valence-electron chi connectivity index (χ4n) is 2.19. The molecular formula is C16H19ClNO+. The Morgan fingerprint density at radius 2 is 1.58 bits per heavy atom. The minimum atomic E-state index is 0.187. The summed E-state index contributed by atoms with van der Waals surface area (Å²) >= 11 is 6.20. The smallest absolute Gasteiger partial charge is 0.105 e. The molecule has 0 heterocycles. The highest BCUT2D eigenvalue weighted by atomic mass is 35.5. The summed E-state index contributed by atoms with van der Waals surface area (Å²) in [7, 11) is 0.